The monoisotopic (exact) mass is 327 g/mol. The summed E-state index contributed by atoms with van der Waals surface area (Å²) in [6.45, 7) is 7.05. The molecule has 1 aromatic rings. The molecule has 1 aromatic heterocycles. The number of hydrogen-bond acceptors (Lipinski definition) is 3. The molecule has 1 N–H and O–H groups in total. The summed E-state index contributed by atoms with van der Waals surface area (Å²) in [7, 11) is 1.81. The summed E-state index contributed by atoms with van der Waals surface area (Å²) < 4.78 is 6.54. The maximum absolute atomic E-state index is 5.70. The molecule has 0 amide bonds. The second kappa shape index (κ2) is 8.15. The number of aromatic nitrogens is 1. The predicted molar refractivity (Wildman–Crippen MR) is 83.5 cm³/mol. The Bertz CT molecular complexity index is 433. The molecule has 0 spiro atoms. The molecule has 0 saturated heterocycles. The van der Waals surface area contributed by atoms with Crippen molar-refractivity contribution in [1.82, 2.24) is 10.3 Å². The van der Waals surface area contributed by atoms with Gasteiger partial charge in [-0.25, -0.2) is 9.98 Å². The highest BCUT2D eigenvalue weighted by Crippen LogP contribution is 2.29. The molecule has 0 aliphatic carbocycles. The Morgan fingerprint density at radius 3 is 2.89 bits per heavy atom. The van der Waals surface area contributed by atoms with Crippen LogP contribution in [0.5, 0.6) is 5.88 Å². The van der Waals surface area contributed by atoms with Crippen molar-refractivity contribution in [3.63, 3.8) is 0 Å². The number of nitrogens with one attached hydrogen (secondary N) is 1. The van der Waals surface area contributed by atoms with E-state index in [9.17, 15) is 0 Å². The molecule has 1 heterocycles. The van der Waals surface area contributed by atoms with E-state index in [0.717, 1.165) is 22.3 Å². The number of nitrogens with zero attached hydrogens (tertiary/aromatic N) is 2. The van der Waals surface area contributed by atoms with Gasteiger partial charge in [-0.05, 0) is 47.7 Å². The fourth-order valence-electron chi connectivity index (χ4n) is 1.58. The van der Waals surface area contributed by atoms with Crippen LogP contribution in [0.3, 0.4) is 0 Å². The van der Waals surface area contributed by atoms with Crippen LogP contribution in [0.25, 0.3) is 0 Å². The molecule has 0 saturated carbocycles. The lowest BCUT2D eigenvalue weighted by Crippen LogP contribution is -2.03. The molecule has 0 aromatic carbocycles. The average Bonchev–Trinajstić information content (AvgIpc) is 2.36. The number of rotatable bonds is 7. The number of pyridine rings is 1. The zero-order chi connectivity index (χ0) is 14.3. The third-order valence-corrected chi connectivity index (χ3v) is 3.17. The first-order valence-electron chi connectivity index (χ1n) is 6.54. The lowest BCUT2D eigenvalue weighted by atomic mass is 10.1. The van der Waals surface area contributed by atoms with Crippen molar-refractivity contribution in [2.75, 3.05) is 13.7 Å². The van der Waals surface area contributed by atoms with E-state index in [1.165, 1.54) is 6.42 Å². The van der Waals surface area contributed by atoms with Crippen LogP contribution in [0.15, 0.2) is 15.5 Å². The van der Waals surface area contributed by atoms with Crippen molar-refractivity contribution in [3.05, 3.63) is 16.2 Å². The van der Waals surface area contributed by atoms with Crippen molar-refractivity contribution in [2.24, 2.45) is 10.9 Å². The van der Waals surface area contributed by atoms with Gasteiger partial charge in [0.15, 0.2) is 0 Å². The predicted octanol–water partition coefficient (Wildman–Crippen LogP) is 3.85. The van der Waals surface area contributed by atoms with E-state index in [4.69, 9.17) is 4.74 Å². The normalized spacial score (nSPS) is 11.3. The second-order valence-electron chi connectivity index (χ2n) is 4.81. The second-order valence-corrected chi connectivity index (χ2v) is 5.67. The van der Waals surface area contributed by atoms with Gasteiger partial charge in [0.2, 0.25) is 5.88 Å². The largest absolute Gasteiger partial charge is 0.477 e. The highest BCUT2D eigenvalue weighted by molar-refractivity contribution is 9.10. The number of aliphatic imine (C=N–C) groups is 1. The number of aryl methyl sites for hydroxylation is 1. The standard InChI is InChI=1S/C14H22BrN3O/c1-10(2)6-5-7-19-14-12(15)8-13(11(3)18-14)17-9-16-4/h8-10H,5-7H2,1-4H3,(H,16,17). The first-order valence-corrected chi connectivity index (χ1v) is 7.33. The number of hydrogen-bond donors (Lipinski definition) is 1. The van der Waals surface area contributed by atoms with Crippen LogP contribution in [0.4, 0.5) is 5.69 Å². The van der Waals surface area contributed by atoms with E-state index < -0.39 is 0 Å². The zero-order valence-corrected chi connectivity index (χ0v) is 13.6. The van der Waals surface area contributed by atoms with Gasteiger partial charge in [-0.2, -0.15) is 0 Å². The van der Waals surface area contributed by atoms with E-state index in [1.54, 1.807) is 6.34 Å². The minimum absolute atomic E-state index is 0.643. The Hall–Kier alpha value is -1.10. The quantitative estimate of drug-likeness (QED) is 0.470. The Morgan fingerprint density at radius 1 is 1.53 bits per heavy atom. The summed E-state index contributed by atoms with van der Waals surface area (Å²) in [5.41, 5.74) is 1.68. The summed E-state index contributed by atoms with van der Waals surface area (Å²) in [6, 6.07) is 1.92. The van der Waals surface area contributed by atoms with Crippen LogP contribution in [-0.2, 0) is 0 Å². The molecule has 0 unspecified atom stereocenters. The summed E-state index contributed by atoms with van der Waals surface area (Å²) >= 11 is 3.47. The van der Waals surface area contributed by atoms with Crippen LogP contribution in [0.1, 0.15) is 32.4 Å². The molecule has 0 aliphatic heterocycles. The van der Waals surface area contributed by atoms with Crippen molar-refractivity contribution in [3.8, 4) is 5.88 Å². The van der Waals surface area contributed by atoms with E-state index in [0.29, 0.717) is 18.4 Å². The van der Waals surface area contributed by atoms with E-state index in [1.807, 2.05) is 20.0 Å². The van der Waals surface area contributed by atoms with Crippen molar-refractivity contribution >= 4 is 28.0 Å². The van der Waals surface area contributed by atoms with E-state index >= 15 is 0 Å². The fourth-order valence-corrected chi connectivity index (χ4v) is 2.00. The lowest BCUT2D eigenvalue weighted by Gasteiger charge is -2.10. The zero-order valence-electron chi connectivity index (χ0n) is 12.0. The van der Waals surface area contributed by atoms with Gasteiger partial charge in [-0.15, -0.1) is 0 Å². The third-order valence-electron chi connectivity index (χ3n) is 2.61. The molecule has 4 nitrogen and oxygen atoms in total. The van der Waals surface area contributed by atoms with E-state index in [2.05, 4.69) is 45.1 Å². The fraction of sp³-hybridized carbons (Fsp3) is 0.571. The highest BCUT2D eigenvalue weighted by atomic mass is 79.9. The van der Waals surface area contributed by atoms with Gasteiger partial charge in [0.1, 0.15) is 0 Å². The SMILES string of the molecule is CN/C=N/c1cc(Br)c(OCCCC(C)C)nc1C. The Kier molecular flexibility index (Phi) is 6.84. The first-order chi connectivity index (χ1) is 9.04. The van der Waals surface area contributed by atoms with Crippen LogP contribution in [-0.4, -0.2) is 25.0 Å². The van der Waals surface area contributed by atoms with Gasteiger partial charge in [0.25, 0.3) is 0 Å². The van der Waals surface area contributed by atoms with Crippen LogP contribution in [0, 0.1) is 12.8 Å². The van der Waals surface area contributed by atoms with Crippen molar-refractivity contribution in [1.29, 1.82) is 0 Å². The number of halogens is 1. The molecule has 19 heavy (non-hydrogen) atoms. The molecular formula is C14H22BrN3O. The third kappa shape index (κ3) is 5.59. The van der Waals surface area contributed by atoms with Crippen LogP contribution >= 0.6 is 15.9 Å². The molecule has 0 fully saturated rings. The summed E-state index contributed by atoms with van der Waals surface area (Å²) in [5, 5.41) is 2.86. The van der Waals surface area contributed by atoms with Crippen molar-refractivity contribution in [2.45, 2.75) is 33.6 Å². The number of ether oxygens (including phenoxy) is 1. The smallest absolute Gasteiger partial charge is 0.228 e. The van der Waals surface area contributed by atoms with E-state index in [-0.39, 0.29) is 0 Å². The Morgan fingerprint density at radius 2 is 2.26 bits per heavy atom. The molecule has 106 valence electrons. The van der Waals surface area contributed by atoms with Crippen molar-refractivity contribution < 1.29 is 4.74 Å². The molecule has 0 aliphatic rings. The first kappa shape index (κ1) is 16.0. The molecule has 0 radical (unpaired) electrons. The minimum atomic E-state index is 0.643. The maximum Gasteiger partial charge on any atom is 0.228 e. The van der Waals surface area contributed by atoms with Gasteiger partial charge in [-0.3, -0.25) is 0 Å². The molecule has 1 rings (SSSR count). The van der Waals surface area contributed by atoms with Gasteiger partial charge in [0, 0.05) is 7.05 Å². The van der Waals surface area contributed by atoms with Gasteiger partial charge in [-0.1, -0.05) is 13.8 Å². The Balaban J connectivity index is 2.65. The average molecular weight is 328 g/mol. The molecular weight excluding hydrogens is 306 g/mol. The topological polar surface area (TPSA) is 46.5 Å². The maximum atomic E-state index is 5.70. The summed E-state index contributed by atoms with van der Waals surface area (Å²) in [5.74, 6) is 1.35. The molecule has 0 atom stereocenters. The van der Waals surface area contributed by atoms with Crippen LogP contribution < -0.4 is 10.1 Å². The Labute approximate surface area is 123 Å². The van der Waals surface area contributed by atoms with Gasteiger partial charge < -0.3 is 10.1 Å². The highest BCUT2D eigenvalue weighted by Gasteiger charge is 2.08. The lowest BCUT2D eigenvalue weighted by molar-refractivity contribution is 0.285. The van der Waals surface area contributed by atoms with Gasteiger partial charge in [0.05, 0.1) is 28.8 Å². The summed E-state index contributed by atoms with van der Waals surface area (Å²) in [4.78, 5) is 8.69. The molecule has 0 bridgehead atoms. The summed E-state index contributed by atoms with van der Waals surface area (Å²) in [6.07, 6.45) is 3.85. The van der Waals surface area contributed by atoms with Gasteiger partial charge >= 0.3 is 0 Å². The van der Waals surface area contributed by atoms with Crippen LogP contribution in [0.2, 0.25) is 0 Å². The minimum Gasteiger partial charge on any atom is -0.477 e. The molecule has 5 heteroatoms.